The average molecular weight is 431 g/mol. The van der Waals surface area contributed by atoms with E-state index in [-0.39, 0.29) is 41.6 Å². The molecule has 0 aromatic carbocycles. The minimum atomic E-state index is -2.95. The van der Waals surface area contributed by atoms with Crippen molar-refractivity contribution in [2.45, 2.75) is 51.4 Å². The lowest BCUT2D eigenvalue weighted by atomic mass is 9.96. The van der Waals surface area contributed by atoms with E-state index < -0.39 is 9.84 Å². The number of guanidine groups is 1. The van der Waals surface area contributed by atoms with Gasteiger partial charge in [-0.05, 0) is 26.2 Å². The van der Waals surface area contributed by atoms with Gasteiger partial charge in [0.05, 0.1) is 30.5 Å². The molecule has 0 aromatic rings. The van der Waals surface area contributed by atoms with Gasteiger partial charge in [0.2, 0.25) is 0 Å². The second-order valence-electron chi connectivity index (χ2n) is 5.36. The second kappa shape index (κ2) is 8.52. The number of sulfone groups is 1. The van der Waals surface area contributed by atoms with E-state index in [0.29, 0.717) is 24.7 Å². The molecule has 2 fully saturated rings. The van der Waals surface area contributed by atoms with Crippen molar-refractivity contribution in [2.24, 2.45) is 4.99 Å². The fraction of sp³-hybridized carbons (Fsp3) is 0.923. The van der Waals surface area contributed by atoms with Gasteiger partial charge in [-0.25, -0.2) is 8.42 Å². The molecule has 2 heterocycles. The average Bonchev–Trinajstić information content (AvgIpc) is 3.01. The van der Waals surface area contributed by atoms with Crippen molar-refractivity contribution in [3.05, 3.63) is 0 Å². The van der Waals surface area contributed by atoms with Gasteiger partial charge in [0.15, 0.2) is 15.8 Å². The molecule has 2 aliphatic rings. The zero-order chi connectivity index (χ0) is 14.6. The molecular weight excluding hydrogens is 405 g/mol. The number of nitrogens with zero attached hydrogens (tertiary/aromatic N) is 1. The molecule has 0 amide bonds. The van der Waals surface area contributed by atoms with Crippen molar-refractivity contribution >= 4 is 39.8 Å². The molecule has 3 atom stereocenters. The summed E-state index contributed by atoms with van der Waals surface area (Å²) in [6.07, 6.45) is 3.95. The van der Waals surface area contributed by atoms with Crippen LogP contribution in [0.2, 0.25) is 0 Å². The van der Waals surface area contributed by atoms with Crippen molar-refractivity contribution in [3.63, 3.8) is 0 Å². The molecule has 0 radical (unpaired) electrons. The number of hydrogen-bond acceptors (Lipinski definition) is 4. The van der Waals surface area contributed by atoms with E-state index in [2.05, 4.69) is 15.6 Å². The highest BCUT2D eigenvalue weighted by Crippen LogP contribution is 2.34. The summed E-state index contributed by atoms with van der Waals surface area (Å²) in [5.74, 6) is 0.972. The third kappa shape index (κ3) is 5.55. The Kier molecular flexibility index (Phi) is 7.69. The molecule has 21 heavy (non-hydrogen) atoms. The molecule has 0 aliphatic carbocycles. The predicted molar refractivity (Wildman–Crippen MR) is 95.2 cm³/mol. The Balaban J connectivity index is 0.00000220. The van der Waals surface area contributed by atoms with E-state index in [0.717, 1.165) is 25.8 Å². The van der Waals surface area contributed by atoms with Crippen LogP contribution in [0.5, 0.6) is 0 Å². The quantitative estimate of drug-likeness (QED) is 0.372. The maximum absolute atomic E-state index is 11.5. The molecule has 8 heteroatoms. The Morgan fingerprint density at radius 1 is 1.33 bits per heavy atom. The van der Waals surface area contributed by atoms with E-state index in [1.54, 1.807) is 6.92 Å². The first kappa shape index (κ1) is 19.0. The Hall–Kier alpha value is -0.0900. The van der Waals surface area contributed by atoms with Crippen LogP contribution in [0.4, 0.5) is 0 Å². The Labute approximate surface area is 144 Å². The zero-order valence-electron chi connectivity index (χ0n) is 12.7. The van der Waals surface area contributed by atoms with E-state index >= 15 is 0 Å². The van der Waals surface area contributed by atoms with Crippen LogP contribution in [-0.2, 0) is 14.6 Å². The normalized spacial score (nSPS) is 28.3. The van der Waals surface area contributed by atoms with Crippen LogP contribution in [0.1, 0.15) is 33.1 Å². The maximum Gasteiger partial charge on any atom is 0.191 e. The summed E-state index contributed by atoms with van der Waals surface area (Å²) in [6.45, 7) is 4.72. The highest BCUT2D eigenvalue weighted by atomic mass is 127. The van der Waals surface area contributed by atoms with Crippen LogP contribution in [0.15, 0.2) is 4.99 Å². The van der Waals surface area contributed by atoms with Crippen LogP contribution in [0, 0.1) is 0 Å². The number of nitrogens with one attached hydrogen (secondary N) is 2. The van der Waals surface area contributed by atoms with E-state index in [1.807, 2.05) is 6.92 Å². The molecule has 2 bridgehead atoms. The van der Waals surface area contributed by atoms with Crippen molar-refractivity contribution < 1.29 is 13.2 Å². The topological polar surface area (TPSA) is 79.8 Å². The number of ether oxygens (including phenoxy) is 1. The van der Waals surface area contributed by atoms with Crippen molar-refractivity contribution in [1.82, 2.24) is 10.6 Å². The fourth-order valence-corrected chi connectivity index (χ4v) is 3.38. The molecular formula is C13H26IN3O3S. The SMILES string of the molecule is CCNC(=NCCS(=O)(=O)CC)NC1CC2CCC1O2.I. The Morgan fingerprint density at radius 3 is 2.62 bits per heavy atom. The summed E-state index contributed by atoms with van der Waals surface area (Å²) >= 11 is 0. The minimum absolute atomic E-state index is 0. The molecule has 6 nitrogen and oxygen atoms in total. The zero-order valence-corrected chi connectivity index (χ0v) is 15.8. The summed E-state index contributed by atoms with van der Waals surface area (Å²) in [5, 5.41) is 6.53. The number of fused-ring (bicyclic) bond motifs is 2. The molecule has 2 rings (SSSR count). The summed E-state index contributed by atoms with van der Waals surface area (Å²) in [4.78, 5) is 4.35. The lowest BCUT2D eigenvalue weighted by Gasteiger charge is -2.22. The van der Waals surface area contributed by atoms with Gasteiger partial charge in [-0.15, -0.1) is 24.0 Å². The van der Waals surface area contributed by atoms with Gasteiger partial charge in [0.25, 0.3) is 0 Å². The van der Waals surface area contributed by atoms with Gasteiger partial charge in [0, 0.05) is 12.3 Å². The molecule has 0 aromatic heterocycles. The first-order valence-corrected chi connectivity index (χ1v) is 9.27. The Morgan fingerprint density at radius 2 is 2.10 bits per heavy atom. The lowest BCUT2D eigenvalue weighted by molar-refractivity contribution is 0.0992. The number of aliphatic imine (C=N–C) groups is 1. The second-order valence-corrected chi connectivity index (χ2v) is 7.83. The van der Waals surface area contributed by atoms with Crippen molar-refractivity contribution in [1.29, 1.82) is 0 Å². The highest BCUT2D eigenvalue weighted by Gasteiger charge is 2.41. The number of rotatable bonds is 6. The molecule has 2 aliphatic heterocycles. The number of halogens is 1. The van der Waals surface area contributed by atoms with Gasteiger partial charge in [-0.1, -0.05) is 6.92 Å². The molecule has 0 spiro atoms. The lowest BCUT2D eigenvalue weighted by Crippen LogP contribution is -2.47. The van der Waals surface area contributed by atoms with Gasteiger partial charge in [-0.3, -0.25) is 4.99 Å². The van der Waals surface area contributed by atoms with Gasteiger partial charge in [0.1, 0.15) is 0 Å². The van der Waals surface area contributed by atoms with Gasteiger partial charge in [-0.2, -0.15) is 0 Å². The largest absolute Gasteiger partial charge is 0.373 e. The van der Waals surface area contributed by atoms with Crippen molar-refractivity contribution in [3.8, 4) is 0 Å². The highest BCUT2D eigenvalue weighted by molar-refractivity contribution is 14.0. The molecule has 124 valence electrons. The predicted octanol–water partition coefficient (Wildman–Crippen LogP) is 0.914. The summed E-state index contributed by atoms with van der Waals surface area (Å²) in [6, 6.07) is 0.300. The van der Waals surface area contributed by atoms with Crippen LogP contribution in [-0.4, -0.2) is 57.2 Å². The van der Waals surface area contributed by atoms with Gasteiger partial charge < -0.3 is 15.4 Å². The minimum Gasteiger partial charge on any atom is -0.373 e. The third-order valence-corrected chi connectivity index (χ3v) is 5.57. The summed E-state index contributed by atoms with van der Waals surface area (Å²) in [5.41, 5.74) is 0. The van der Waals surface area contributed by atoms with E-state index in [1.165, 1.54) is 0 Å². The summed E-state index contributed by atoms with van der Waals surface area (Å²) < 4.78 is 28.7. The molecule has 2 N–H and O–H groups in total. The van der Waals surface area contributed by atoms with Crippen molar-refractivity contribution in [2.75, 3.05) is 24.6 Å². The first-order valence-electron chi connectivity index (χ1n) is 7.44. The van der Waals surface area contributed by atoms with Crippen LogP contribution in [0.3, 0.4) is 0 Å². The monoisotopic (exact) mass is 431 g/mol. The molecule has 0 saturated carbocycles. The number of hydrogen-bond donors (Lipinski definition) is 2. The maximum atomic E-state index is 11.5. The van der Waals surface area contributed by atoms with E-state index in [9.17, 15) is 8.42 Å². The Bertz CT molecular complexity index is 456. The van der Waals surface area contributed by atoms with Crippen LogP contribution >= 0.6 is 24.0 Å². The fourth-order valence-electron chi connectivity index (χ4n) is 2.73. The summed E-state index contributed by atoms with van der Waals surface area (Å²) in [7, 11) is -2.95. The smallest absolute Gasteiger partial charge is 0.191 e. The first-order chi connectivity index (χ1) is 9.54. The van der Waals surface area contributed by atoms with Gasteiger partial charge >= 0.3 is 0 Å². The third-order valence-electron chi connectivity index (χ3n) is 3.88. The standard InChI is InChI=1S/C13H25N3O3S.HI/c1-3-14-13(15-7-8-20(17,18)4-2)16-11-9-10-5-6-12(11)19-10;/h10-12H,3-9H2,1-2H3,(H2,14,15,16);1H. The van der Waals surface area contributed by atoms with Crippen LogP contribution in [0.25, 0.3) is 0 Å². The molecule has 3 unspecified atom stereocenters. The van der Waals surface area contributed by atoms with Crippen LogP contribution < -0.4 is 10.6 Å². The van der Waals surface area contributed by atoms with E-state index in [4.69, 9.17) is 4.74 Å². The molecule has 2 saturated heterocycles.